The van der Waals surface area contributed by atoms with Crippen LogP contribution in [0.2, 0.25) is 0 Å². The molecule has 160 valence electrons. The molecule has 0 aliphatic carbocycles. The minimum Gasteiger partial charge on any atom is -0.397 e. The average molecular weight is 393 g/mol. The Morgan fingerprint density at radius 2 is 1.00 bits per heavy atom. The highest BCUT2D eigenvalue weighted by Gasteiger charge is 1.95. The third kappa shape index (κ3) is 43.9. The van der Waals surface area contributed by atoms with Crippen LogP contribution in [0.5, 0.6) is 0 Å². The van der Waals surface area contributed by atoms with Crippen LogP contribution >= 0.6 is 11.6 Å². The summed E-state index contributed by atoms with van der Waals surface area (Å²) >= 11 is 5.93. The molecule has 0 fully saturated rings. The monoisotopic (exact) mass is 392 g/mol. The van der Waals surface area contributed by atoms with Gasteiger partial charge in [-0.1, -0.05) is 76.9 Å². The molecular weight excluding hydrogens is 344 g/mol. The Bertz CT molecular complexity index is 228. The first-order valence-electron chi connectivity index (χ1n) is 11.1. The van der Waals surface area contributed by atoms with E-state index < -0.39 is 0 Å². The van der Waals surface area contributed by atoms with Gasteiger partial charge in [0.2, 0.25) is 0 Å². The van der Waals surface area contributed by atoms with Crippen molar-refractivity contribution < 1.29 is 10.2 Å². The molecule has 0 saturated carbocycles. The van der Waals surface area contributed by atoms with Crippen molar-refractivity contribution in [3.05, 3.63) is 12.2 Å². The van der Waals surface area contributed by atoms with Crippen molar-refractivity contribution in [3.63, 3.8) is 0 Å². The minimum atomic E-state index is 0.250. The highest BCUT2D eigenvalue weighted by atomic mass is 35.5. The van der Waals surface area contributed by atoms with Crippen LogP contribution in [0.25, 0.3) is 0 Å². The van der Waals surface area contributed by atoms with Crippen LogP contribution in [-0.4, -0.2) is 28.8 Å². The van der Waals surface area contributed by atoms with E-state index in [0.29, 0.717) is 5.38 Å². The maximum atomic E-state index is 7.57. The van der Waals surface area contributed by atoms with E-state index in [-0.39, 0.29) is 13.2 Å². The quantitative estimate of drug-likeness (QED) is 0.170. The first-order chi connectivity index (χ1) is 12.6. The highest BCUT2D eigenvalue weighted by molar-refractivity contribution is 6.20. The van der Waals surface area contributed by atoms with Gasteiger partial charge in [-0.05, 0) is 52.9 Å². The number of allylic oxidation sites excluding steroid dienone is 2. The van der Waals surface area contributed by atoms with Crippen molar-refractivity contribution in [1.29, 1.82) is 0 Å². The van der Waals surface area contributed by atoms with Crippen LogP contribution < -0.4 is 0 Å². The molecule has 0 spiro atoms. The fourth-order valence-corrected chi connectivity index (χ4v) is 2.65. The van der Waals surface area contributed by atoms with E-state index in [4.69, 9.17) is 21.8 Å². The Labute approximate surface area is 170 Å². The van der Waals surface area contributed by atoms with Gasteiger partial charge in [0.25, 0.3) is 0 Å². The van der Waals surface area contributed by atoms with E-state index in [1.807, 2.05) is 0 Å². The van der Waals surface area contributed by atoms with E-state index in [1.54, 1.807) is 13.8 Å². The molecule has 2 nitrogen and oxygen atoms in total. The van der Waals surface area contributed by atoms with Crippen molar-refractivity contribution in [2.45, 2.75) is 123 Å². The lowest BCUT2D eigenvalue weighted by Crippen LogP contribution is -1.89. The third-order valence-electron chi connectivity index (χ3n) is 3.86. The molecule has 0 aliphatic heterocycles. The van der Waals surface area contributed by atoms with E-state index in [1.165, 1.54) is 89.9 Å². The van der Waals surface area contributed by atoms with Gasteiger partial charge in [-0.15, -0.1) is 11.6 Å². The van der Waals surface area contributed by atoms with Crippen LogP contribution in [0.15, 0.2) is 12.2 Å². The summed E-state index contributed by atoms with van der Waals surface area (Å²) in [7, 11) is 0. The van der Waals surface area contributed by atoms with Crippen molar-refractivity contribution in [2.24, 2.45) is 0 Å². The van der Waals surface area contributed by atoms with E-state index in [0.717, 1.165) is 0 Å². The number of hydrogen-bond donors (Lipinski definition) is 2. The fraction of sp³-hybridized carbons (Fsp3) is 0.913. The molecular formula is C23H49ClO2. The molecule has 26 heavy (non-hydrogen) atoms. The lowest BCUT2D eigenvalue weighted by molar-refractivity contribution is 0.318. The van der Waals surface area contributed by atoms with E-state index in [2.05, 4.69) is 26.0 Å². The number of halogens is 1. The topological polar surface area (TPSA) is 40.5 Å². The van der Waals surface area contributed by atoms with Gasteiger partial charge >= 0.3 is 0 Å². The summed E-state index contributed by atoms with van der Waals surface area (Å²) in [5.74, 6) is 0. The minimum absolute atomic E-state index is 0.250. The molecule has 0 aromatic heterocycles. The predicted octanol–water partition coefficient (Wildman–Crippen LogP) is 7.65. The van der Waals surface area contributed by atoms with Crippen molar-refractivity contribution in [3.8, 4) is 0 Å². The van der Waals surface area contributed by atoms with Gasteiger partial charge in [0, 0.05) is 18.6 Å². The van der Waals surface area contributed by atoms with Crippen LogP contribution in [0.4, 0.5) is 0 Å². The summed E-state index contributed by atoms with van der Waals surface area (Å²) in [6.45, 7) is 8.23. The largest absolute Gasteiger partial charge is 0.397 e. The van der Waals surface area contributed by atoms with Gasteiger partial charge in [-0.2, -0.15) is 0 Å². The maximum Gasteiger partial charge on any atom is 0.0402 e. The molecule has 0 aromatic rings. The molecule has 0 amide bonds. The summed E-state index contributed by atoms with van der Waals surface area (Å²) in [5.41, 5.74) is 0. The molecule has 0 heterocycles. The first kappa shape index (κ1) is 30.7. The lowest BCUT2D eigenvalue weighted by atomic mass is 10.1. The molecule has 0 saturated heterocycles. The predicted molar refractivity (Wildman–Crippen MR) is 120 cm³/mol. The van der Waals surface area contributed by atoms with Gasteiger partial charge < -0.3 is 10.2 Å². The number of rotatable bonds is 15. The number of alkyl halides is 1. The van der Waals surface area contributed by atoms with Gasteiger partial charge in [-0.25, -0.2) is 0 Å². The second kappa shape index (κ2) is 32.6. The second-order valence-electron chi connectivity index (χ2n) is 6.79. The molecule has 0 radical (unpaired) electrons. The SMILES string of the molecule is CCCCCCCC/C=C\CCCCCCCC(C)Cl.CCO.CCO. The molecule has 1 unspecified atom stereocenters. The highest BCUT2D eigenvalue weighted by Crippen LogP contribution is 2.12. The maximum absolute atomic E-state index is 7.57. The van der Waals surface area contributed by atoms with Gasteiger partial charge in [0.05, 0.1) is 0 Å². The van der Waals surface area contributed by atoms with Crippen molar-refractivity contribution in [2.75, 3.05) is 13.2 Å². The van der Waals surface area contributed by atoms with Crippen LogP contribution in [0.1, 0.15) is 118 Å². The fourth-order valence-electron chi connectivity index (χ4n) is 2.50. The number of aliphatic hydroxyl groups excluding tert-OH is 2. The standard InChI is InChI=1S/C19H37Cl.2C2H6O/c1-3-4-5-6-7-8-9-10-11-12-13-14-15-16-17-18-19(2)20;2*1-2-3/h10-11,19H,3-9,12-18H2,1-2H3;2*3H,2H2,1H3/b11-10-;;. The molecule has 0 aliphatic rings. The number of hydrogen-bond acceptors (Lipinski definition) is 2. The first-order valence-corrected chi connectivity index (χ1v) is 11.5. The molecule has 3 heteroatoms. The zero-order valence-corrected chi connectivity index (χ0v) is 19.1. The van der Waals surface area contributed by atoms with Crippen molar-refractivity contribution >= 4 is 11.6 Å². The van der Waals surface area contributed by atoms with E-state index in [9.17, 15) is 0 Å². The van der Waals surface area contributed by atoms with Crippen LogP contribution in [-0.2, 0) is 0 Å². The Kier molecular flexibility index (Phi) is 38.5. The average Bonchev–Trinajstić information content (AvgIpc) is 2.59. The molecule has 0 bridgehead atoms. The molecule has 0 rings (SSSR count). The Balaban J connectivity index is -0.000000768. The molecule has 1 atom stereocenters. The van der Waals surface area contributed by atoms with Gasteiger partial charge in [-0.3, -0.25) is 0 Å². The zero-order chi connectivity index (χ0) is 20.3. The Hall–Kier alpha value is -0.0500. The molecule has 2 N–H and O–H groups in total. The summed E-state index contributed by atoms with van der Waals surface area (Å²) in [4.78, 5) is 0. The lowest BCUT2D eigenvalue weighted by Gasteiger charge is -2.02. The van der Waals surface area contributed by atoms with Crippen LogP contribution in [0.3, 0.4) is 0 Å². The summed E-state index contributed by atoms with van der Waals surface area (Å²) in [6, 6.07) is 0. The smallest absolute Gasteiger partial charge is 0.0402 e. The summed E-state index contributed by atoms with van der Waals surface area (Å²) in [6.07, 6.45) is 23.8. The summed E-state index contributed by atoms with van der Waals surface area (Å²) in [5, 5.41) is 15.5. The molecule has 0 aromatic carbocycles. The Morgan fingerprint density at radius 1 is 0.654 bits per heavy atom. The van der Waals surface area contributed by atoms with E-state index >= 15 is 0 Å². The van der Waals surface area contributed by atoms with Gasteiger partial charge in [0.15, 0.2) is 0 Å². The number of aliphatic hydroxyl groups is 2. The Morgan fingerprint density at radius 3 is 1.38 bits per heavy atom. The second-order valence-corrected chi connectivity index (χ2v) is 7.53. The van der Waals surface area contributed by atoms with Gasteiger partial charge in [0.1, 0.15) is 0 Å². The van der Waals surface area contributed by atoms with Crippen molar-refractivity contribution in [1.82, 2.24) is 0 Å². The summed E-state index contributed by atoms with van der Waals surface area (Å²) < 4.78 is 0. The zero-order valence-electron chi connectivity index (χ0n) is 18.3. The van der Waals surface area contributed by atoms with Crippen LogP contribution in [0, 0.1) is 0 Å². The third-order valence-corrected chi connectivity index (χ3v) is 4.08. The number of unbranched alkanes of at least 4 members (excludes halogenated alkanes) is 11. The normalized spacial score (nSPS) is 11.5.